The molecule has 2 fully saturated rings. The van der Waals surface area contributed by atoms with Crippen molar-refractivity contribution < 1.29 is 33.6 Å². The van der Waals surface area contributed by atoms with Crippen LogP contribution < -0.4 is 24.2 Å². The standard InChI is InChI=1S/C26H23N3O8/c1-34-19-12-8-7-11-17(19)27-25(30)22-23(16-13-20(35-2)21(36-3)14-18(16)29(32)33)28(37-24(22)26(27)31)15-9-5-4-6-10-15/h4-14,22-24H,1-3H3/t22-,23+,24-/m0/s1. The van der Waals surface area contributed by atoms with Gasteiger partial charge in [0.1, 0.15) is 17.7 Å². The Bertz CT molecular complexity index is 1380. The van der Waals surface area contributed by atoms with E-state index < -0.39 is 34.8 Å². The minimum Gasteiger partial charge on any atom is -0.495 e. The molecule has 190 valence electrons. The van der Waals surface area contributed by atoms with Crippen molar-refractivity contribution in [2.24, 2.45) is 5.92 Å². The molecule has 0 radical (unpaired) electrons. The van der Waals surface area contributed by atoms with Crippen molar-refractivity contribution in [2.75, 3.05) is 31.3 Å². The first kappa shape index (κ1) is 24.1. The van der Waals surface area contributed by atoms with Crippen molar-refractivity contribution >= 4 is 28.9 Å². The lowest BCUT2D eigenvalue weighted by Crippen LogP contribution is -2.37. The summed E-state index contributed by atoms with van der Waals surface area (Å²) in [5, 5.41) is 13.6. The molecule has 11 nitrogen and oxygen atoms in total. The molecular formula is C26H23N3O8. The van der Waals surface area contributed by atoms with Crippen LogP contribution in [0.1, 0.15) is 11.6 Å². The maximum Gasteiger partial charge on any atom is 0.278 e. The van der Waals surface area contributed by atoms with Crippen LogP contribution in [0.15, 0.2) is 66.7 Å². The number of nitrogens with zero attached hydrogens (tertiary/aromatic N) is 3. The van der Waals surface area contributed by atoms with E-state index in [0.29, 0.717) is 11.4 Å². The van der Waals surface area contributed by atoms with E-state index in [1.54, 1.807) is 54.6 Å². The number of nitro groups is 1. The minimum absolute atomic E-state index is 0.141. The lowest BCUT2D eigenvalue weighted by atomic mass is 9.89. The first-order valence-corrected chi connectivity index (χ1v) is 11.3. The van der Waals surface area contributed by atoms with E-state index in [0.717, 1.165) is 4.90 Å². The van der Waals surface area contributed by atoms with Crippen molar-refractivity contribution in [2.45, 2.75) is 12.1 Å². The number of hydrogen-bond acceptors (Lipinski definition) is 9. The molecule has 0 N–H and O–H groups in total. The van der Waals surface area contributed by atoms with Crippen molar-refractivity contribution in [3.05, 3.63) is 82.4 Å². The summed E-state index contributed by atoms with van der Waals surface area (Å²) < 4.78 is 16.0. The van der Waals surface area contributed by atoms with Crippen molar-refractivity contribution in [1.29, 1.82) is 0 Å². The molecule has 0 spiro atoms. The van der Waals surface area contributed by atoms with E-state index in [9.17, 15) is 19.7 Å². The Hall–Kier alpha value is -4.64. The first-order valence-electron chi connectivity index (χ1n) is 11.3. The lowest BCUT2D eigenvalue weighted by molar-refractivity contribution is -0.385. The monoisotopic (exact) mass is 505 g/mol. The van der Waals surface area contributed by atoms with Crippen LogP contribution in [0.5, 0.6) is 17.2 Å². The average molecular weight is 505 g/mol. The number of amides is 2. The number of ether oxygens (including phenoxy) is 3. The van der Waals surface area contributed by atoms with Crippen LogP contribution in [-0.4, -0.2) is 44.2 Å². The van der Waals surface area contributed by atoms with Gasteiger partial charge in [0.05, 0.1) is 49.3 Å². The zero-order valence-electron chi connectivity index (χ0n) is 20.2. The molecule has 2 heterocycles. The number of para-hydroxylation sites is 3. The van der Waals surface area contributed by atoms with Gasteiger partial charge in [0.25, 0.3) is 11.6 Å². The van der Waals surface area contributed by atoms with Crippen molar-refractivity contribution in [3.8, 4) is 17.2 Å². The lowest BCUT2D eigenvalue weighted by Gasteiger charge is -2.29. The number of imide groups is 1. The van der Waals surface area contributed by atoms with Gasteiger partial charge in [-0.25, -0.2) is 9.96 Å². The van der Waals surface area contributed by atoms with Gasteiger partial charge in [-0.1, -0.05) is 30.3 Å². The summed E-state index contributed by atoms with van der Waals surface area (Å²) in [7, 11) is 4.22. The van der Waals surface area contributed by atoms with Crippen molar-refractivity contribution in [1.82, 2.24) is 0 Å². The largest absolute Gasteiger partial charge is 0.495 e. The molecule has 5 rings (SSSR count). The molecule has 0 unspecified atom stereocenters. The smallest absolute Gasteiger partial charge is 0.278 e. The molecule has 2 aliphatic rings. The molecule has 3 aromatic carbocycles. The topological polar surface area (TPSA) is 121 Å². The number of carbonyl (C=O) groups is 2. The molecule has 2 aliphatic heterocycles. The fourth-order valence-electron chi connectivity index (χ4n) is 4.86. The highest BCUT2D eigenvalue weighted by atomic mass is 16.7. The Morgan fingerprint density at radius 3 is 2.11 bits per heavy atom. The predicted octanol–water partition coefficient (Wildman–Crippen LogP) is 3.67. The highest BCUT2D eigenvalue weighted by molar-refractivity contribution is 6.24. The van der Waals surface area contributed by atoms with Gasteiger partial charge < -0.3 is 14.2 Å². The van der Waals surface area contributed by atoms with E-state index in [-0.39, 0.29) is 28.4 Å². The van der Waals surface area contributed by atoms with Gasteiger partial charge in [-0.05, 0) is 30.3 Å². The number of fused-ring (bicyclic) bond motifs is 1. The predicted molar refractivity (Wildman–Crippen MR) is 132 cm³/mol. The van der Waals surface area contributed by atoms with E-state index in [4.69, 9.17) is 19.0 Å². The highest BCUT2D eigenvalue weighted by Gasteiger charge is 2.61. The summed E-state index contributed by atoms with van der Waals surface area (Å²) in [5.74, 6) is -1.52. The molecule has 0 saturated carbocycles. The maximum atomic E-state index is 13.9. The molecule has 3 atom stereocenters. The van der Waals surface area contributed by atoms with Gasteiger partial charge in [-0.15, -0.1) is 0 Å². The van der Waals surface area contributed by atoms with Gasteiger partial charge in [-0.2, -0.15) is 0 Å². The van der Waals surface area contributed by atoms with E-state index in [2.05, 4.69) is 0 Å². The Labute approximate surface area is 211 Å². The Kier molecular flexibility index (Phi) is 6.14. The van der Waals surface area contributed by atoms with Gasteiger partial charge in [0.2, 0.25) is 5.91 Å². The van der Waals surface area contributed by atoms with E-state index in [1.165, 1.54) is 38.5 Å². The number of rotatable bonds is 7. The van der Waals surface area contributed by atoms with Gasteiger partial charge in [0, 0.05) is 0 Å². The Morgan fingerprint density at radius 2 is 1.46 bits per heavy atom. The van der Waals surface area contributed by atoms with Gasteiger partial charge in [-0.3, -0.25) is 24.5 Å². The normalized spacial score (nSPS) is 20.7. The van der Waals surface area contributed by atoms with E-state index in [1.807, 2.05) is 0 Å². The number of methoxy groups -OCH3 is 3. The summed E-state index contributed by atoms with van der Waals surface area (Å²) in [6.07, 6.45) is -1.21. The number of benzene rings is 3. The zero-order valence-corrected chi connectivity index (χ0v) is 20.2. The molecule has 3 aromatic rings. The number of hydrogen-bond donors (Lipinski definition) is 0. The second-order valence-electron chi connectivity index (χ2n) is 8.36. The summed E-state index contributed by atoms with van der Waals surface area (Å²) in [6, 6.07) is 17.1. The number of nitro benzene ring substituents is 1. The molecule has 2 amide bonds. The minimum atomic E-state index is -1.21. The molecular weight excluding hydrogens is 482 g/mol. The van der Waals surface area contributed by atoms with Crippen LogP contribution in [0.25, 0.3) is 0 Å². The Morgan fingerprint density at radius 1 is 0.838 bits per heavy atom. The molecule has 0 aromatic heterocycles. The molecule has 11 heteroatoms. The third-order valence-electron chi connectivity index (χ3n) is 6.50. The summed E-state index contributed by atoms with van der Waals surface area (Å²) in [6.45, 7) is 0. The van der Waals surface area contributed by atoms with Crippen LogP contribution in [0.4, 0.5) is 17.1 Å². The average Bonchev–Trinajstić information content (AvgIpc) is 3.43. The van der Waals surface area contributed by atoms with Crippen LogP contribution in [0.3, 0.4) is 0 Å². The SMILES string of the molecule is COc1cc([C@@H]2[C@@H]3C(=O)N(c4ccccc4OC)C(=O)[C@H]3ON2c2ccccc2)c([N+](=O)[O-])cc1OC. The van der Waals surface area contributed by atoms with Crippen LogP contribution in [-0.2, 0) is 14.4 Å². The van der Waals surface area contributed by atoms with Crippen LogP contribution in [0, 0.1) is 16.0 Å². The van der Waals surface area contributed by atoms with Crippen LogP contribution in [0.2, 0.25) is 0 Å². The number of carbonyl (C=O) groups excluding carboxylic acids is 2. The third-order valence-corrected chi connectivity index (χ3v) is 6.50. The van der Waals surface area contributed by atoms with Gasteiger partial charge in [0.15, 0.2) is 17.6 Å². The summed E-state index contributed by atoms with van der Waals surface area (Å²) in [4.78, 5) is 46.2. The molecule has 2 saturated heterocycles. The summed E-state index contributed by atoms with van der Waals surface area (Å²) >= 11 is 0. The second kappa shape index (κ2) is 9.43. The van der Waals surface area contributed by atoms with Gasteiger partial charge >= 0.3 is 0 Å². The highest BCUT2D eigenvalue weighted by Crippen LogP contribution is 2.51. The molecule has 37 heavy (non-hydrogen) atoms. The molecule has 0 bridgehead atoms. The van der Waals surface area contributed by atoms with E-state index >= 15 is 0 Å². The zero-order chi connectivity index (χ0) is 26.3. The fraction of sp³-hybridized carbons (Fsp3) is 0.231. The first-order chi connectivity index (χ1) is 17.9. The second-order valence-corrected chi connectivity index (χ2v) is 8.36. The quantitative estimate of drug-likeness (QED) is 0.269. The van der Waals surface area contributed by atoms with Crippen molar-refractivity contribution in [3.63, 3.8) is 0 Å². The number of anilines is 2. The number of hydroxylamine groups is 1. The fourth-order valence-corrected chi connectivity index (χ4v) is 4.86. The maximum absolute atomic E-state index is 13.9. The third kappa shape index (κ3) is 3.80. The van der Waals surface area contributed by atoms with Crippen LogP contribution >= 0.6 is 0 Å². The summed E-state index contributed by atoms with van der Waals surface area (Å²) in [5.41, 5.74) is 0.631. The molecule has 0 aliphatic carbocycles. The Balaban J connectivity index is 1.69.